The van der Waals surface area contributed by atoms with Gasteiger partial charge in [-0.2, -0.15) is 0 Å². The van der Waals surface area contributed by atoms with Crippen LogP contribution in [0.5, 0.6) is 0 Å². The molecule has 1 aliphatic rings. The van der Waals surface area contributed by atoms with E-state index in [9.17, 15) is 9.59 Å². The number of hydrogen-bond acceptors (Lipinski definition) is 6. The van der Waals surface area contributed by atoms with Crippen molar-refractivity contribution in [2.45, 2.75) is 51.5 Å². The third kappa shape index (κ3) is 5.66. The van der Waals surface area contributed by atoms with Gasteiger partial charge < -0.3 is 10.1 Å². The summed E-state index contributed by atoms with van der Waals surface area (Å²) < 4.78 is 7.73. The Kier molecular flexibility index (Phi) is 7.79. The Morgan fingerprint density at radius 2 is 2.03 bits per heavy atom. The monoisotopic (exact) mass is 533 g/mol. The van der Waals surface area contributed by atoms with Gasteiger partial charge in [0.2, 0.25) is 5.91 Å². The van der Waals surface area contributed by atoms with Gasteiger partial charge in [-0.25, -0.2) is 4.98 Å². The van der Waals surface area contributed by atoms with E-state index in [4.69, 9.17) is 9.72 Å². The molecule has 0 aliphatic carbocycles. The van der Waals surface area contributed by atoms with Gasteiger partial charge in [-0.1, -0.05) is 68.1 Å². The third-order valence-corrected chi connectivity index (χ3v) is 8.66. The molecule has 8 heteroatoms. The predicted molar refractivity (Wildman–Crippen MR) is 151 cm³/mol. The van der Waals surface area contributed by atoms with Gasteiger partial charge in [0, 0.05) is 17.8 Å². The number of nitrogens with zero attached hydrogens (tertiary/aromatic N) is 2. The van der Waals surface area contributed by atoms with Gasteiger partial charge in [0.05, 0.1) is 29.5 Å². The lowest BCUT2D eigenvalue weighted by Gasteiger charge is -2.26. The molecule has 0 bridgehead atoms. The van der Waals surface area contributed by atoms with E-state index in [2.05, 4.69) is 31.3 Å². The molecule has 1 aliphatic heterocycles. The van der Waals surface area contributed by atoms with E-state index < -0.39 is 0 Å². The van der Waals surface area contributed by atoms with Gasteiger partial charge >= 0.3 is 0 Å². The van der Waals surface area contributed by atoms with Crippen LogP contribution in [0.3, 0.4) is 0 Å². The summed E-state index contributed by atoms with van der Waals surface area (Å²) in [5, 5.41) is 4.20. The van der Waals surface area contributed by atoms with Crippen molar-refractivity contribution in [2.24, 2.45) is 5.92 Å². The summed E-state index contributed by atoms with van der Waals surface area (Å²) in [7, 11) is 0. The van der Waals surface area contributed by atoms with Gasteiger partial charge in [-0.15, -0.1) is 11.3 Å². The number of thiophene rings is 1. The van der Waals surface area contributed by atoms with Gasteiger partial charge in [0.25, 0.3) is 5.56 Å². The Morgan fingerprint density at radius 3 is 2.78 bits per heavy atom. The van der Waals surface area contributed by atoms with Crippen molar-refractivity contribution in [1.29, 1.82) is 0 Å². The Labute approximate surface area is 225 Å². The molecular formula is C29H31N3O3S2. The van der Waals surface area contributed by atoms with Crippen molar-refractivity contribution < 1.29 is 9.53 Å². The second-order valence-electron chi connectivity index (χ2n) is 9.73. The fourth-order valence-corrected chi connectivity index (χ4v) is 6.61. The quantitative estimate of drug-likeness (QED) is 0.246. The number of amides is 1. The average Bonchev–Trinajstić information content (AvgIpc) is 3.26. The third-order valence-electron chi connectivity index (χ3n) is 6.63. The molecule has 0 saturated heterocycles. The molecule has 192 valence electrons. The van der Waals surface area contributed by atoms with E-state index in [1.54, 1.807) is 4.57 Å². The minimum Gasteiger partial charge on any atom is -0.372 e. The number of rotatable bonds is 8. The largest absolute Gasteiger partial charge is 0.372 e. The first kappa shape index (κ1) is 25.7. The standard InChI is InChI=1S/C29H31N3O3S2/c1-18(2)23-15-22-24(16-35-23)37-27-26(22)28(34)32(21-11-7-8-19(3)14-21)29(31-27)36-17-25(33)30-13-12-20-9-5-4-6-10-20/h4-11,14,18,23H,12-13,15-17H2,1-3H3,(H,30,33)/t23-/m1/s1. The van der Waals surface area contributed by atoms with Crippen LogP contribution >= 0.6 is 23.1 Å². The van der Waals surface area contributed by atoms with Crippen molar-refractivity contribution in [3.63, 3.8) is 0 Å². The number of fused-ring (bicyclic) bond motifs is 3. The number of hydrogen-bond donors (Lipinski definition) is 1. The highest BCUT2D eigenvalue weighted by atomic mass is 32.2. The summed E-state index contributed by atoms with van der Waals surface area (Å²) in [6, 6.07) is 17.9. The van der Waals surface area contributed by atoms with E-state index in [1.807, 2.05) is 49.4 Å². The summed E-state index contributed by atoms with van der Waals surface area (Å²) in [5.41, 5.74) is 3.99. The second kappa shape index (κ2) is 11.2. The van der Waals surface area contributed by atoms with Crippen molar-refractivity contribution in [3.8, 4) is 5.69 Å². The van der Waals surface area contributed by atoms with Crippen LogP contribution < -0.4 is 10.9 Å². The highest BCUT2D eigenvalue weighted by molar-refractivity contribution is 7.99. The van der Waals surface area contributed by atoms with Gasteiger partial charge in [-0.05, 0) is 48.1 Å². The molecule has 0 saturated carbocycles. The van der Waals surface area contributed by atoms with Crippen LogP contribution in [0.4, 0.5) is 0 Å². The Morgan fingerprint density at radius 1 is 1.22 bits per heavy atom. The molecule has 0 fully saturated rings. The molecule has 0 radical (unpaired) electrons. The first-order valence-corrected chi connectivity index (χ1v) is 14.4. The smallest absolute Gasteiger partial charge is 0.267 e. The van der Waals surface area contributed by atoms with E-state index in [0.29, 0.717) is 36.0 Å². The summed E-state index contributed by atoms with van der Waals surface area (Å²) in [4.78, 5) is 33.4. The number of thioether (sulfide) groups is 1. The Balaban J connectivity index is 1.44. The molecule has 37 heavy (non-hydrogen) atoms. The minimum absolute atomic E-state index is 0.0790. The van der Waals surface area contributed by atoms with Crippen LogP contribution in [0.15, 0.2) is 64.5 Å². The first-order chi connectivity index (χ1) is 17.9. The maximum Gasteiger partial charge on any atom is 0.267 e. The topological polar surface area (TPSA) is 73.2 Å². The number of ether oxygens (including phenoxy) is 1. The fourth-order valence-electron chi connectivity index (χ4n) is 4.60. The van der Waals surface area contributed by atoms with Crippen LogP contribution in [-0.4, -0.2) is 33.9 Å². The zero-order chi connectivity index (χ0) is 25.9. The Hall–Kier alpha value is -2.94. The van der Waals surface area contributed by atoms with Crippen LogP contribution in [-0.2, 0) is 29.0 Å². The minimum atomic E-state index is -0.0792. The van der Waals surface area contributed by atoms with E-state index >= 15 is 0 Å². The first-order valence-electron chi connectivity index (χ1n) is 12.6. The number of carbonyl (C=O) groups excluding carboxylic acids is 1. The Bertz CT molecular complexity index is 1480. The predicted octanol–water partition coefficient (Wildman–Crippen LogP) is 5.30. The maximum atomic E-state index is 14.0. The molecule has 2 aromatic heterocycles. The van der Waals surface area contributed by atoms with Crippen molar-refractivity contribution in [2.75, 3.05) is 12.3 Å². The summed E-state index contributed by atoms with van der Waals surface area (Å²) >= 11 is 2.83. The molecule has 1 N–H and O–H groups in total. The zero-order valence-electron chi connectivity index (χ0n) is 21.3. The fraction of sp³-hybridized carbons (Fsp3) is 0.345. The second-order valence-corrected chi connectivity index (χ2v) is 11.8. The van der Waals surface area contributed by atoms with Crippen LogP contribution in [0, 0.1) is 12.8 Å². The molecule has 2 aromatic carbocycles. The lowest BCUT2D eigenvalue weighted by Crippen LogP contribution is -2.29. The molecule has 0 spiro atoms. The number of aromatic nitrogens is 2. The number of benzene rings is 2. The SMILES string of the molecule is Cc1cccc(-n2c(SCC(=O)NCCc3ccccc3)nc3sc4c(c3c2=O)C[C@H](C(C)C)OC4)c1. The van der Waals surface area contributed by atoms with Crippen molar-refractivity contribution in [1.82, 2.24) is 14.9 Å². The summed E-state index contributed by atoms with van der Waals surface area (Å²) in [6.45, 7) is 7.37. The highest BCUT2D eigenvalue weighted by Gasteiger charge is 2.29. The summed E-state index contributed by atoms with van der Waals surface area (Å²) in [5.74, 6) is 0.470. The molecule has 1 atom stereocenters. The van der Waals surface area contributed by atoms with Gasteiger partial charge in [-0.3, -0.25) is 14.2 Å². The van der Waals surface area contributed by atoms with Crippen LogP contribution in [0.2, 0.25) is 0 Å². The lowest BCUT2D eigenvalue weighted by molar-refractivity contribution is -0.118. The van der Waals surface area contributed by atoms with E-state index in [-0.39, 0.29) is 23.3 Å². The number of nitrogens with one attached hydrogen (secondary N) is 1. The average molecular weight is 534 g/mol. The summed E-state index contributed by atoms with van der Waals surface area (Å²) in [6.07, 6.45) is 1.58. The molecule has 3 heterocycles. The van der Waals surface area contributed by atoms with Crippen LogP contribution in [0.1, 0.15) is 35.4 Å². The van der Waals surface area contributed by atoms with Crippen LogP contribution in [0.25, 0.3) is 15.9 Å². The van der Waals surface area contributed by atoms with E-state index in [1.165, 1.54) is 28.7 Å². The molecule has 5 rings (SSSR count). The molecule has 0 unspecified atom stereocenters. The molecule has 4 aromatic rings. The maximum absolute atomic E-state index is 14.0. The van der Waals surface area contributed by atoms with Gasteiger partial charge in [0.15, 0.2) is 5.16 Å². The molecule has 1 amide bonds. The molecular weight excluding hydrogens is 502 g/mol. The van der Waals surface area contributed by atoms with E-state index in [0.717, 1.165) is 32.9 Å². The zero-order valence-corrected chi connectivity index (χ0v) is 23.0. The highest BCUT2D eigenvalue weighted by Crippen LogP contribution is 2.36. The number of carbonyl (C=O) groups is 1. The normalized spacial score (nSPS) is 15.2. The lowest BCUT2D eigenvalue weighted by atomic mass is 9.96. The van der Waals surface area contributed by atoms with Gasteiger partial charge in [0.1, 0.15) is 4.83 Å². The number of aryl methyl sites for hydroxylation is 1. The van der Waals surface area contributed by atoms with Crippen molar-refractivity contribution >= 4 is 39.2 Å². The molecule has 6 nitrogen and oxygen atoms in total. The van der Waals surface area contributed by atoms with Crippen molar-refractivity contribution in [3.05, 3.63) is 86.5 Å².